The van der Waals surface area contributed by atoms with Gasteiger partial charge in [-0.15, -0.1) is 0 Å². The Morgan fingerprint density at radius 1 is 1.60 bits per heavy atom. The number of aliphatic hydroxyl groups is 1. The summed E-state index contributed by atoms with van der Waals surface area (Å²) in [4.78, 5) is 4.44. The molecule has 15 heavy (non-hydrogen) atoms. The van der Waals surface area contributed by atoms with E-state index in [4.69, 9.17) is 5.11 Å². The van der Waals surface area contributed by atoms with E-state index in [-0.39, 0.29) is 6.61 Å². The van der Waals surface area contributed by atoms with Gasteiger partial charge in [0.15, 0.2) is 5.82 Å². The molecule has 5 heteroatoms. The number of aromatic amines is 1. The number of nitrogens with zero attached hydrogens (tertiary/aromatic N) is 2. The van der Waals surface area contributed by atoms with Crippen LogP contribution in [0.2, 0.25) is 0 Å². The van der Waals surface area contributed by atoms with Gasteiger partial charge in [0.2, 0.25) is 0 Å². The van der Waals surface area contributed by atoms with Gasteiger partial charge in [-0.25, -0.2) is 4.98 Å². The first-order valence-electron chi connectivity index (χ1n) is 5.39. The fourth-order valence-corrected chi connectivity index (χ4v) is 2.26. The molecule has 1 unspecified atom stereocenters. The van der Waals surface area contributed by atoms with E-state index in [1.165, 1.54) is 12.8 Å². The van der Waals surface area contributed by atoms with E-state index in [0.29, 0.717) is 11.8 Å². The van der Waals surface area contributed by atoms with E-state index in [9.17, 15) is 0 Å². The lowest BCUT2D eigenvalue weighted by atomic mass is 10.2. The Bertz CT molecular complexity index is 311. The monoisotopic (exact) mass is 227 g/mol. The topological polar surface area (TPSA) is 61.8 Å². The van der Waals surface area contributed by atoms with Crippen LogP contribution in [0.4, 0.5) is 0 Å². The summed E-state index contributed by atoms with van der Waals surface area (Å²) in [7, 11) is 0. The minimum absolute atomic E-state index is 0.261. The molecule has 1 aromatic rings. The minimum atomic E-state index is 0.261. The van der Waals surface area contributed by atoms with Crippen LogP contribution in [0.1, 0.15) is 37.3 Å². The number of H-pyrrole nitrogens is 1. The smallest absolute Gasteiger partial charge is 0.153 e. The third-order valence-corrected chi connectivity index (χ3v) is 3.73. The Hall–Kier alpha value is -0.550. The molecule has 0 spiro atoms. The average Bonchev–Trinajstić information content (AvgIpc) is 2.99. The van der Waals surface area contributed by atoms with Crippen LogP contribution in [0, 0.1) is 5.92 Å². The number of nitrogens with one attached hydrogen (secondary N) is 1. The molecule has 1 aliphatic rings. The summed E-state index contributed by atoms with van der Waals surface area (Å²) in [6.07, 6.45) is 2.48. The molecule has 0 saturated heterocycles. The van der Waals surface area contributed by atoms with Crippen LogP contribution in [0.25, 0.3) is 0 Å². The number of thioether (sulfide) groups is 1. The molecule has 0 aliphatic heterocycles. The molecule has 1 atom stereocenters. The van der Waals surface area contributed by atoms with Crippen LogP contribution >= 0.6 is 11.8 Å². The maximum atomic E-state index is 8.87. The predicted octanol–water partition coefficient (Wildman–Crippen LogP) is 1.54. The Morgan fingerprint density at radius 2 is 2.40 bits per heavy atom. The number of hydrogen-bond acceptors (Lipinski definition) is 4. The van der Waals surface area contributed by atoms with Gasteiger partial charge in [-0.2, -0.15) is 16.9 Å². The predicted molar refractivity (Wildman–Crippen MR) is 60.8 cm³/mol. The van der Waals surface area contributed by atoms with Gasteiger partial charge in [-0.1, -0.05) is 6.92 Å². The Kier molecular flexibility index (Phi) is 3.64. The fourth-order valence-electron chi connectivity index (χ4n) is 1.31. The fraction of sp³-hybridized carbons (Fsp3) is 0.800. The lowest BCUT2D eigenvalue weighted by Crippen LogP contribution is -2.03. The van der Waals surface area contributed by atoms with Gasteiger partial charge in [-0.3, -0.25) is 5.10 Å². The van der Waals surface area contributed by atoms with E-state index in [0.717, 1.165) is 23.2 Å². The van der Waals surface area contributed by atoms with Gasteiger partial charge in [0.1, 0.15) is 5.82 Å². The van der Waals surface area contributed by atoms with E-state index in [1.807, 2.05) is 6.92 Å². The van der Waals surface area contributed by atoms with Crippen molar-refractivity contribution in [1.82, 2.24) is 15.2 Å². The Balaban J connectivity index is 1.73. The van der Waals surface area contributed by atoms with Crippen LogP contribution < -0.4 is 0 Å². The summed E-state index contributed by atoms with van der Waals surface area (Å²) in [6.45, 7) is 2.31. The van der Waals surface area contributed by atoms with Gasteiger partial charge in [-0.05, 0) is 24.5 Å². The summed E-state index contributed by atoms with van der Waals surface area (Å²) in [5, 5.41) is 16.0. The van der Waals surface area contributed by atoms with Crippen molar-refractivity contribution >= 4 is 11.8 Å². The van der Waals surface area contributed by atoms with Gasteiger partial charge < -0.3 is 5.11 Å². The normalized spacial score (nSPS) is 18.0. The zero-order chi connectivity index (χ0) is 10.7. The second-order valence-electron chi connectivity index (χ2n) is 4.22. The van der Waals surface area contributed by atoms with Crippen molar-refractivity contribution in [3.63, 3.8) is 0 Å². The number of aromatic nitrogens is 3. The highest BCUT2D eigenvalue weighted by atomic mass is 32.2. The number of rotatable bonds is 6. The Labute approximate surface area is 93.9 Å². The van der Waals surface area contributed by atoms with Crippen LogP contribution in [0.15, 0.2) is 0 Å². The molecule has 1 aliphatic carbocycles. The average molecular weight is 227 g/mol. The van der Waals surface area contributed by atoms with E-state index in [2.05, 4.69) is 15.2 Å². The van der Waals surface area contributed by atoms with Gasteiger partial charge in [0.05, 0.1) is 5.75 Å². The molecule has 2 N–H and O–H groups in total. The first-order valence-corrected chi connectivity index (χ1v) is 6.55. The molecule has 0 aromatic carbocycles. The first-order chi connectivity index (χ1) is 7.29. The SMILES string of the molecule is CC(CO)CSCc1nc(C2CC2)n[nH]1. The lowest BCUT2D eigenvalue weighted by Gasteiger charge is -2.04. The summed E-state index contributed by atoms with van der Waals surface area (Å²) in [5.41, 5.74) is 0. The molecule has 84 valence electrons. The van der Waals surface area contributed by atoms with Crippen molar-refractivity contribution in [2.75, 3.05) is 12.4 Å². The molecule has 0 radical (unpaired) electrons. The maximum Gasteiger partial charge on any atom is 0.153 e. The summed E-state index contributed by atoms with van der Waals surface area (Å²) in [6, 6.07) is 0. The van der Waals surface area contributed by atoms with Crippen LogP contribution in [-0.2, 0) is 5.75 Å². The molecule has 1 aromatic heterocycles. The standard InChI is InChI=1S/C10H17N3OS/c1-7(4-14)5-15-6-9-11-10(13-12-9)8-2-3-8/h7-8,14H,2-6H2,1H3,(H,11,12,13). The second kappa shape index (κ2) is 4.99. The van der Waals surface area contributed by atoms with E-state index >= 15 is 0 Å². The number of aliphatic hydroxyl groups excluding tert-OH is 1. The van der Waals surface area contributed by atoms with Crippen LogP contribution in [-0.4, -0.2) is 32.6 Å². The van der Waals surface area contributed by atoms with E-state index < -0.39 is 0 Å². The molecule has 0 amide bonds. The first kappa shape index (κ1) is 11.0. The third-order valence-electron chi connectivity index (χ3n) is 2.44. The number of hydrogen-bond donors (Lipinski definition) is 2. The van der Waals surface area contributed by atoms with Crippen molar-refractivity contribution in [1.29, 1.82) is 0 Å². The minimum Gasteiger partial charge on any atom is -0.396 e. The maximum absolute atomic E-state index is 8.87. The van der Waals surface area contributed by atoms with Crippen molar-refractivity contribution in [2.45, 2.75) is 31.4 Å². The molecular formula is C10H17N3OS. The zero-order valence-electron chi connectivity index (χ0n) is 8.94. The summed E-state index contributed by atoms with van der Waals surface area (Å²) in [5.74, 6) is 4.77. The van der Waals surface area contributed by atoms with Crippen LogP contribution in [0.5, 0.6) is 0 Å². The third kappa shape index (κ3) is 3.21. The van der Waals surface area contributed by atoms with Crippen molar-refractivity contribution in [2.24, 2.45) is 5.92 Å². The van der Waals surface area contributed by atoms with Crippen molar-refractivity contribution in [3.05, 3.63) is 11.6 Å². The second-order valence-corrected chi connectivity index (χ2v) is 5.25. The molecule has 1 saturated carbocycles. The highest BCUT2D eigenvalue weighted by molar-refractivity contribution is 7.98. The molecule has 2 rings (SSSR count). The summed E-state index contributed by atoms with van der Waals surface area (Å²) < 4.78 is 0. The van der Waals surface area contributed by atoms with Crippen molar-refractivity contribution < 1.29 is 5.11 Å². The van der Waals surface area contributed by atoms with Crippen molar-refractivity contribution in [3.8, 4) is 0 Å². The van der Waals surface area contributed by atoms with Crippen LogP contribution in [0.3, 0.4) is 0 Å². The van der Waals surface area contributed by atoms with Gasteiger partial charge >= 0.3 is 0 Å². The molecule has 1 heterocycles. The molecule has 4 nitrogen and oxygen atoms in total. The highest BCUT2D eigenvalue weighted by Crippen LogP contribution is 2.37. The largest absolute Gasteiger partial charge is 0.396 e. The Morgan fingerprint density at radius 3 is 3.07 bits per heavy atom. The molecule has 1 fully saturated rings. The van der Waals surface area contributed by atoms with Gasteiger partial charge in [0.25, 0.3) is 0 Å². The highest BCUT2D eigenvalue weighted by Gasteiger charge is 2.27. The molecular weight excluding hydrogens is 210 g/mol. The molecule has 0 bridgehead atoms. The van der Waals surface area contributed by atoms with E-state index in [1.54, 1.807) is 11.8 Å². The van der Waals surface area contributed by atoms with Gasteiger partial charge in [0, 0.05) is 12.5 Å². The lowest BCUT2D eigenvalue weighted by molar-refractivity contribution is 0.250. The summed E-state index contributed by atoms with van der Waals surface area (Å²) >= 11 is 1.79. The quantitative estimate of drug-likeness (QED) is 0.774. The zero-order valence-corrected chi connectivity index (χ0v) is 9.76.